The predicted molar refractivity (Wildman–Crippen MR) is 57.7 cm³/mol. The van der Waals surface area contributed by atoms with Gasteiger partial charge in [-0.25, -0.2) is 0 Å². The average Bonchev–Trinajstić information content (AvgIpc) is 2.18. The highest BCUT2D eigenvalue weighted by molar-refractivity contribution is 5.31. The van der Waals surface area contributed by atoms with E-state index in [1.54, 1.807) is 7.11 Å². The molecule has 0 bridgehead atoms. The summed E-state index contributed by atoms with van der Waals surface area (Å²) < 4.78 is 5.09. The molecular weight excluding hydrogens is 176 g/mol. The third-order valence-corrected chi connectivity index (χ3v) is 2.61. The van der Waals surface area contributed by atoms with Crippen LogP contribution in [0.1, 0.15) is 25.8 Å². The number of aliphatic hydroxyl groups excluding tert-OH is 1. The van der Waals surface area contributed by atoms with E-state index >= 15 is 0 Å². The molecule has 0 aliphatic heterocycles. The average molecular weight is 194 g/mol. The number of methoxy groups -OCH3 is 1. The molecule has 0 saturated heterocycles. The molecule has 0 saturated carbocycles. The Morgan fingerprint density at radius 2 is 1.79 bits per heavy atom. The first-order valence-electron chi connectivity index (χ1n) is 4.85. The van der Waals surface area contributed by atoms with Crippen molar-refractivity contribution in [2.24, 2.45) is 0 Å². The molecule has 0 atom stereocenters. The first-order valence-corrected chi connectivity index (χ1v) is 4.85. The minimum absolute atomic E-state index is 0.0288. The van der Waals surface area contributed by atoms with Crippen molar-refractivity contribution < 1.29 is 9.84 Å². The fourth-order valence-corrected chi connectivity index (χ4v) is 1.47. The standard InChI is InChI=1S/C12H18O2/c1-12(2,8-9-13)10-4-6-11(14-3)7-5-10/h4-7,13H,8-9H2,1-3H3. The summed E-state index contributed by atoms with van der Waals surface area (Å²) in [4.78, 5) is 0. The van der Waals surface area contributed by atoms with Crippen molar-refractivity contribution >= 4 is 0 Å². The second kappa shape index (κ2) is 4.47. The second-order valence-electron chi connectivity index (χ2n) is 4.09. The number of hydrogen-bond acceptors (Lipinski definition) is 2. The highest BCUT2D eigenvalue weighted by Crippen LogP contribution is 2.27. The Bertz CT molecular complexity index is 275. The molecule has 14 heavy (non-hydrogen) atoms. The monoisotopic (exact) mass is 194 g/mol. The van der Waals surface area contributed by atoms with E-state index in [-0.39, 0.29) is 12.0 Å². The van der Waals surface area contributed by atoms with Crippen molar-refractivity contribution in [3.63, 3.8) is 0 Å². The molecule has 1 aromatic carbocycles. The van der Waals surface area contributed by atoms with E-state index in [1.165, 1.54) is 5.56 Å². The molecule has 1 N–H and O–H groups in total. The zero-order chi connectivity index (χ0) is 10.6. The van der Waals surface area contributed by atoms with Crippen molar-refractivity contribution in [2.75, 3.05) is 13.7 Å². The van der Waals surface area contributed by atoms with Gasteiger partial charge in [-0.3, -0.25) is 0 Å². The molecule has 0 aliphatic carbocycles. The van der Waals surface area contributed by atoms with Gasteiger partial charge < -0.3 is 9.84 Å². The topological polar surface area (TPSA) is 29.5 Å². The van der Waals surface area contributed by atoms with E-state index in [0.29, 0.717) is 0 Å². The molecule has 1 aromatic rings. The number of aliphatic hydroxyl groups is 1. The second-order valence-corrected chi connectivity index (χ2v) is 4.09. The predicted octanol–water partition coefficient (Wildman–Crippen LogP) is 2.36. The van der Waals surface area contributed by atoms with Gasteiger partial charge in [-0.1, -0.05) is 26.0 Å². The zero-order valence-electron chi connectivity index (χ0n) is 9.08. The highest BCUT2D eigenvalue weighted by atomic mass is 16.5. The van der Waals surface area contributed by atoms with Crippen LogP contribution in [0.2, 0.25) is 0 Å². The zero-order valence-corrected chi connectivity index (χ0v) is 9.08. The van der Waals surface area contributed by atoms with Gasteiger partial charge in [0.1, 0.15) is 5.75 Å². The fraction of sp³-hybridized carbons (Fsp3) is 0.500. The van der Waals surface area contributed by atoms with Crippen molar-refractivity contribution in [2.45, 2.75) is 25.7 Å². The lowest BCUT2D eigenvalue weighted by atomic mass is 9.82. The fourth-order valence-electron chi connectivity index (χ4n) is 1.47. The van der Waals surface area contributed by atoms with E-state index < -0.39 is 0 Å². The van der Waals surface area contributed by atoms with Crippen molar-refractivity contribution in [1.82, 2.24) is 0 Å². The van der Waals surface area contributed by atoms with E-state index in [0.717, 1.165) is 12.2 Å². The SMILES string of the molecule is COc1ccc(C(C)(C)CCO)cc1. The summed E-state index contributed by atoms with van der Waals surface area (Å²) in [6, 6.07) is 8.01. The summed E-state index contributed by atoms with van der Waals surface area (Å²) in [6.07, 6.45) is 0.777. The van der Waals surface area contributed by atoms with Crippen LogP contribution >= 0.6 is 0 Å². The van der Waals surface area contributed by atoms with Gasteiger partial charge in [0.25, 0.3) is 0 Å². The van der Waals surface area contributed by atoms with Gasteiger partial charge in [-0.05, 0) is 29.5 Å². The highest BCUT2D eigenvalue weighted by Gasteiger charge is 2.19. The normalized spacial score (nSPS) is 11.4. The third-order valence-electron chi connectivity index (χ3n) is 2.61. The van der Waals surface area contributed by atoms with E-state index in [2.05, 4.69) is 26.0 Å². The quantitative estimate of drug-likeness (QED) is 0.797. The van der Waals surface area contributed by atoms with Gasteiger partial charge in [0.2, 0.25) is 0 Å². The molecule has 2 heteroatoms. The van der Waals surface area contributed by atoms with Gasteiger partial charge in [-0.2, -0.15) is 0 Å². The maximum atomic E-state index is 8.94. The van der Waals surface area contributed by atoms with E-state index in [9.17, 15) is 0 Å². The number of benzene rings is 1. The first-order chi connectivity index (χ1) is 6.60. The molecule has 0 fully saturated rings. The van der Waals surface area contributed by atoms with Crippen molar-refractivity contribution in [3.8, 4) is 5.75 Å². The smallest absolute Gasteiger partial charge is 0.118 e. The largest absolute Gasteiger partial charge is 0.497 e. The van der Waals surface area contributed by atoms with Crippen LogP contribution < -0.4 is 4.74 Å². The summed E-state index contributed by atoms with van der Waals surface area (Å²) in [7, 11) is 1.66. The van der Waals surface area contributed by atoms with Gasteiger partial charge in [0, 0.05) is 6.61 Å². The minimum atomic E-state index is 0.0288. The number of ether oxygens (including phenoxy) is 1. The Hall–Kier alpha value is -1.02. The molecule has 0 unspecified atom stereocenters. The maximum Gasteiger partial charge on any atom is 0.118 e. The van der Waals surface area contributed by atoms with Crippen LogP contribution in [-0.2, 0) is 5.41 Å². The lowest BCUT2D eigenvalue weighted by Crippen LogP contribution is -2.18. The molecule has 0 spiro atoms. The molecule has 0 amide bonds. The summed E-state index contributed by atoms with van der Waals surface area (Å²) in [6.45, 7) is 4.48. The van der Waals surface area contributed by atoms with Crippen LogP contribution in [0.25, 0.3) is 0 Å². The molecule has 78 valence electrons. The minimum Gasteiger partial charge on any atom is -0.497 e. The van der Waals surface area contributed by atoms with Crippen LogP contribution in [-0.4, -0.2) is 18.8 Å². The van der Waals surface area contributed by atoms with Gasteiger partial charge >= 0.3 is 0 Å². The summed E-state index contributed by atoms with van der Waals surface area (Å²) in [5.41, 5.74) is 1.26. The van der Waals surface area contributed by atoms with Crippen molar-refractivity contribution in [1.29, 1.82) is 0 Å². The first kappa shape index (κ1) is 11.1. The summed E-state index contributed by atoms with van der Waals surface area (Å²) >= 11 is 0. The molecule has 0 radical (unpaired) electrons. The van der Waals surface area contributed by atoms with Crippen LogP contribution in [0.4, 0.5) is 0 Å². The van der Waals surface area contributed by atoms with E-state index in [4.69, 9.17) is 9.84 Å². The number of hydrogen-bond donors (Lipinski definition) is 1. The lowest BCUT2D eigenvalue weighted by molar-refractivity contribution is 0.252. The Morgan fingerprint density at radius 1 is 1.21 bits per heavy atom. The molecular formula is C12H18O2. The van der Waals surface area contributed by atoms with Crippen LogP contribution in [0, 0.1) is 0 Å². The molecule has 2 nitrogen and oxygen atoms in total. The van der Waals surface area contributed by atoms with Crippen LogP contribution in [0.15, 0.2) is 24.3 Å². The Kier molecular flexibility index (Phi) is 3.53. The van der Waals surface area contributed by atoms with Crippen molar-refractivity contribution in [3.05, 3.63) is 29.8 Å². The number of rotatable bonds is 4. The lowest BCUT2D eigenvalue weighted by Gasteiger charge is -2.24. The molecule has 1 rings (SSSR count). The molecule has 0 heterocycles. The van der Waals surface area contributed by atoms with E-state index in [1.807, 2.05) is 12.1 Å². The maximum absolute atomic E-state index is 8.94. The van der Waals surface area contributed by atoms with Crippen LogP contribution in [0.3, 0.4) is 0 Å². The van der Waals surface area contributed by atoms with Gasteiger partial charge in [0.15, 0.2) is 0 Å². The van der Waals surface area contributed by atoms with Gasteiger partial charge in [-0.15, -0.1) is 0 Å². The Balaban J connectivity index is 2.85. The molecule has 0 aliphatic rings. The Labute approximate surface area is 85.5 Å². The molecule has 0 aromatic heterocycles. The summed E-state index contributed by atoms with van der Waals surface area (Å²) in [5.74, 6) is 0.869. The van der Waals surface area contributed by atoms with Gasteiger partial charge in [0.05, 0.1) is 7.11 Å². The third kappa shape index (κ3) is 2.48. The Morgan fingerprint density at radius 3 is 2.21 bits per heavy atom. The summed E-state index contributed by atoms with van der Waals surface area (Å²) in [5, 5.41) is 8.94. The van der Waals surface area contributed by atoms with Crippen LogP contribution in [0.5, 0.6) is 5.75 Å².